The van der Waals surface area contributed by atoms with Crippen LogP contribution in [-0.2, 0) is 0 Å². The van der Waals surface area contributed by atoms with E-state index in [2.05, 4.69) is 67.0 Å². The van der Waals surface area contributed by atoms with Crippen molar-refractivity contribution in [3.63, 3.8) is 0 Å². The van der Waals surface area contributed by atoms with Crippen LogP contribution in [0.25, 0.3) is 10.8 Å². The van der Waals surface area contributed by atoms with Crippen molar-refractivity contribution in [1.82, 2.24) is 10.3 Å². The number of nitrogens with one attached hydrogen (secondary N) is 1. The third-order valence-corrected chi connectivity index (χ3v) is 4.70. The van der Waals surface area contributed by atoms with Crippen molar-refractivity contribution in [3.05, 3.63) is 64.1 Å². The Bertz CT molecular complexity index is 746. The molecule has 3 rings (SSSR count). The Morgan fingerprint density at radius 3 is 2.48 bits per heavy atom. The van der Waals surface area contributed by atoms with Crippen molar-refractivity contribution >= 4 is 22.1 Å². The average Bonchev–Trinajstić information content (AvgIpc) is 2.98. The highest BCUT2D eigenvalue weighted by atomic mass is 32.1. The smallest absolute Gasteiger partial charge is 0.114 e. The molecule has 0 aliphatic heterocycles. The van der Waals surface area contributed by atoms with E-state index in [1.807, 2.05) is 7.05 Å². The van der Waals surface area contributed by atoms with E-state index in [9.17, 15) is 0 Å². The lowest BCUT2D eigenvalue weighted by atomic mass is 10.0. The molecule has 108 valence electrons. The molecule has 1 heterocycles. The lowest BCUT2D eigenvalue weighted by molar-refractivity contribution is 0.679. The van der Waals surface area contributed by atoms with Crippen LogP contribution in [0.3, 0.4) is 0 Å². The van der Waals surface area contributed by atoms with E-state index in [0.717, 1.165) is 5.01 Å². The van der Waals surface area contributed by atoms with Crippen LogP contribution in [0, 0.1) is 0 Å². The van der Waals surface area contributed by atoms with Gasteiger partial charge in [-0.25, -0.2) is 4.98 Å². The van der Waals surface area contributed by atoms with Crippen LogP contribution >= 0.6 is 11.3 Å². The maximum Gasteiger partial charge on any atom is 0.114 e. The molecule has 0 saturated carbocycles. The SMILES string of the molecule is CNC(c1ccc2ccccc2c1)c1nc(C(C)C)cs1. The minimum absolute atomic E-state index is 0.159. The molecule has 1 atom stereocenters. The van der Waals surface area contributed by atoms with E-state index in [1.54, 1.807) is 11.3 Å². The van der Waals surface area contributed by atoms with Gasteiger partial charge in [-0.3, -0.25) is 0 Å². The minimum Gasteiger partial charge on any atom is -0.307 e. The quantitative estimate of drug-likeness (QED) is 0.753. The number of fused-ring (bicyclic) bond motifs is 1. The molecule has 3 heteroatoms. The van der Waals surface area contributed by atoms with E-state index in [4.69, 9.17) is 4.98 Å². The van der Waals surface area contributed by atoms with Gasteiger partial charge in [-0.15, -0.1) is 11.3 Å². The first kappa shape index (κ1) is 14.2. The zero-order valence-electron chi connectivity index (χ0n) is 12.6. The second kappa shape index (κ2) is 5.96. The second-order valence-electron chi connectivity index (χ2n) is 5.59. The third kappa shape index (κ3) is 2.85. The van der Waals surface area contributed by atoms with Gasteiger partial charge < -0.3 is 5.32 Å². The fourth-order valence-corrected chi connectivity index (χ4v) is 3.63. The molecular formula is C18H20N2S. The Morgan fingerprint density at radius 2 is 1.81 bits per heavy atom. The Kier molecular flexibility index (Phi) is 4.04. The van der Waals surface area contributed by atoms with E-state index in [1.165, 1.54) is 22.0 Å². The van der Waals surface area contributed by atoms with E-state index < -0.39 is 0 Å². The van der Waals surface area contributed by atoms with Crippen molar-refractivity contribution in [1.29, 1.82) is 0 Å². The van der Waals surface area contributed by atoms with Gasteiger partial charge in [-0.2, -0.15) is 0 Å². The fourth-order valence-electron chi connectivity index (χ4n) is 2.52. The number of thiazole rings is 1. The van der Waals surface area contributed by atoms with Crippen LogP contribution in [-0.4, -0.2) is 12.0 Å². The summed E-state index contributed by atoms with van der Waals surface area (Å²) in [6.45, 7) is 4.37. The van der Waals surface area contributed by atoms with Crippen molar-refractivity contribution in [2.45, 2.75) is 25.8 Å². The van der Waals surface area contributed by atoms with Gasteiger partial charge in [0, 0.05) is 5.38 Å². The zero-order chi connectivity index (χ0) is 14.8. The van der Waals surface area contributed by atoms with Crippen molar-refractivity contribution in [2.24, 2.45) is 0 Å². The van der Waals surface area contributed by atoms with Gasteiger partial charge in [-0.05, 0) is 35.4 Å². The summed E-state index contributed by atoms with van der Waals surface area (Å²) in [7, 11) is 2.00. The summed E-state index contributed by atoms with van der Waals surface area (Å²) in [5.41, 5.74) is 2.44. The normalized spacial score (nSPS) is 13.0. The molecule has 0 bridgehead atoms. The Hall–Kier alpha value is -1.71. The summed E-state index contributed by atoms with van der Waals surface area (Å²) in [5, 5.41) is 9.26. The number of hydrogen-bond acceptors (Lipinski definition) is 3. The Morgan fingerprint density at radius 1 is 1.05 bits per heavy atom. The Balaban J connectivity index is 2.00. The first-order chi connectivity index (χ1) is 10.2. The highest BCUT2D eigenvalue weighted by Crippen LogP contribution is 2.29. The van der Waals surface area contributed by atoms with Crippen molar-refractivity contribution in [2.75, 3.05) is 7.05 Å². The first-order valence-electron chi connectivity index (χ1n) is 7.30. The molecule has 0 spiro atoms. The predicted molar refractivity (Wildman–Crippen MR) is 91.1 cm³/mol. The van der Waals surface area contributed by atoms with Gasteiger partial charge in [0.05, 0.1) is 11.7 Å². The first-order valence-corrected chi connectivity index (χ1v) is 8.18. The minimum atomic E-state index is 0.159. The molecule has 1 aromatic heterocycles. The molecule has 1 N–H and O–H groups in total. The van der Waals surface area contributed by atoms with Gasteiger partial charge in [-0.1, -0.05) is 50.2 Å². The molecule has 0 amide bonds. The molecule has 1 unspecified atom stereocenters. The summed E-state index contributed by atoms with van der Waals surface area (Å²) < 4.78 is 0. The molecule has 3 aromatic rings. The highest BCUT2D eigenvalue weighted by molar-refractivity contribution is 7.09. The molecule has 2 nitrogen and oxygen atoms in total. The average molecular weight is 296 g/mol. The topological polar surface area (TPSA) is 24.9 Å². The lowest BCUT2D eigenvalue weighted by Crippen LogP contribution is -2.17. The van der Waals surface area contributed by atoms with Crippen LogP contribution in [0.2, 0.25) is 0 Å². The summed E-state index contributed by atoms with van der Waals surface area (Å²) in [4.78, 5) is 4.79. The Labute approximate surface area is 129 Å². The molecule has 0 fully saturated rings. The molecular weight excluding hydrogens is 276 g/mol. The summed E-state index contributed by atoms with van der Waals surface area (Å²) in [5.74, 6) is 0.476. The van der Waals surface area contributed by atoms with Gasteiger partial charge >= 0.3 is 0 Å². The molecule has 21 heavy (non-hydrogen) atoms. The van der Waals surface area contributed by atoms with Crippen LogP contribution < -0.4 is 5.32 Å². The molecule has 0 radical (unpaired) electrons. The standard InChI is InChI=1S/C18H20N2S/c1-12(2)16-11-21-18(20-16)17(19-3)15-9-8-13-6-4-5-7-14(13)10-15/h4-12,17,19H,1-3H3. The van der Waals surface area contributed by atoms with Crippen LogP contribution in [0.1, 0.15) is 42.1 Å². The number of hydrogen-bond donors (Lipinski definition) is 1. The third-order valence-electron chi connectivity index (χ3n) is 3.77. The van der Waals surface area contributed by atoms with Crippen LogP contribution in [0.4, 0.5) is 0 Å². The van der Waals surface area contributed by atoms with Crippen molar-refractivity contribution in [3.8, 4) is 0 Å². The number of rotatable bonds is 4. The maximum atomic E-state index is 4.79. The monoisotopic (exact) mass is 296 g/mol. The number of nitrogens with zero attached hydrogens (tertiary/aromatic N) is 1. The van der Waals surface area contributed by atoms with Crippen molar-refractivity contribution < 1.29 is 0 Å². The van der Waals surface area contributed by atoms with E-state index >= 15 is 0 Å². The summed E-state index contributed by atoms with van der Waals surface area (Å²) in [6, 6.07) is 15.3. The molecule has 0 aliphatic rings. The summed E-state index contributed by atoms with van der Waals surface area (Å²) in [6.07, 6.45) is 0. The number of benzene rings is 2. The maximum absolute atomic E-state index is 4.79. The van der Waals surface area contributed by atoms with Gasteiger partial charge in [0.15, 0.2) is 0 Å². The van der Waals surface area contributed by atoms with E-state index in [-0.39, 0.29) is 6.04 Å². The molecule has 0 saturated heterocycles. The zero-order valence-corrected chi connectivity index (χ0v) is 13.4. The number of aromatic nitrogens is 1. The fraction of sp³-hybridized carbons (Fsp3) is 0.278. The summed E-state index contributed by atoms with van der Waals surface area (Å²) >= 11 is 1.74. The lowest BCUT2D eigenvalue weighted by Gasteiger charge is -2.15. The van der Waals surface area contributed by atoms with Gasteiger partial charge in [0.1, 0.15) is 5.01 Å². The molecule has 2 aromatic carbocycles. The van der Waals surface area contributed by atoms with E-state index in [0.29, 0.717) is 5.92 Å². The van der Waals surface area contributed by atoms with Crippen LogP contribution in [0.15, 0.2) is 47.8 Å². The second-order valence-corrected chi connectivity index (χ2v) is 6.48. The van der Waals surface area contributed by atoms with Gasteiger partial charge in [0.25, 0.3) is 0 Å². The molecule has 0 aliphatic carbocycles. The predicted octanol–water partition coefficient (Wildman–Crippen LogP) is 4.73. The highest BCUT2D eigenvalue weighted by Gasteiger charge is 2.17. The largest absolute Gasteiger partial charge is 0.307 e. The van der Waals surface area contributed by atoms with Gasteiger partial charge in [0.2, 0.25) is 0 Å². The van der Waals surface area contributed by atoms with Crippen LogP contribution in [0.5, 0.6) is 0 Å².